The van der Waals surface area contributed by atoms with Crippen LogP contribution in [0.3, 0.4) is 0 Å². The van der Waals surface area contributed by atoms with Crippen LogP contribution in [0.4, 0.5) is 0 Å². The summed E-state index contributed by atoms with van der Waals surface area (Å²) in [7, 11) is 0. The van der Waals surface area contributed by atoms with Crippen LogP contribution in [0.5, 0.6) is 0 Å². The van der Waals surface area contributed by atoms with Crippen LogP contribution in [0.25, 0.3) is 0 Å². The molecular weight excluding hydrogens is 480 g/mol. The highest BCUT2D eigenvalue weighted by atomic mass is 16.7. The molecule has 2 fully saturated rings. The van der Waals surface area contributed by atoms with Gasteiger partial charge in [-0.3, -0.25) is 4.79 Å². The smallest absolute Gasteiger partial charge is 0.305 e. The van der Waals surface area contributed by atoms with E-state index >= 15 is 0 Å². The molecular formula is C24H44O12. The zero-order valence-electron chi connectivity index (χ0n) is 20.9. The molecule has 12 heteroatoms. The van der Waals surface area contributed by atoms with Crippen molar-refractivity contribution in [2.45, 2.75) is 133 Å². The molecule has 0 spiro atoms. The van der Waals surface area contributed by atoms with Gasteiger partial charge in [0.2, 0.25) is 0 Å². The number of hydrogen-bond acceptors (Lipinski definition) is 12. The van der Waals surface area contributed by atoms with E-state index in [4.69, 9.17) is 18.9 Å². The number of hydrogen-bond donors (Lipinski definition) is 7. The van der Waals surface area contributed by atoms with Gasteiger partial charge in [-0.15, -0.1) is 0 Å². The zero-order valence-corrected chi connectivity index (χ0v) is 20.9. The van der Waals surface area contributed by atoms with Crippen LogP contribution in [0.1, 0.15) is 71.1 Å². The van der Waals surface area contributed by atoms with Crippen molar-refractivity contribution in [1.29, 1.82) is 0 Å². The Morgan fingerprint density at radius 1 is 0.722 bits per heavy atom. The van der Waals surface area contributed by atoms with Crippen molar-refractivity contribution < 1.29 is 59.5 Å². The van der Waals surface area contributed by atoms with Gasteiger partial charge < -0.3 is 54.7 Å². The lowest BCUT2D eigenvalue weighted by atomic mass is 9.97. The van der Waals surface area contributed by atoms with E-state index in [0.29, 0.717) is 6.42 Å². The molecule has 7 N–H and O–H groups in total. The SMILES string of the molecule is CCCCCCCCCCCC(=O)OC[C@H]1O[C@H](O[C@H]2[C@H](O)[C@@H](O)C(O)O[C@@H]2CO)[C@H](O)[C@@H](O)[C@@H]1O. The minimum Gasteiger partial charge on any atom is -0.463 e. The molecule has 0 saturated carbocycles. The predicted octanol–water partition coefficient (Wildman–Crippen LogP) is -0.925. The third-order valence-electron chi connectivity index (χ3n) is 6.69. The summed E-state index contributed by atoms with van der Waals surface area (Å²) in [5.74, 6) is -0.486. The van der Waals surface area contributed by atoms with Crippen LogP contribution in [0.2, 0.25) is 0 Å². The summed E-state index contributed by atoms with van der Waals surface area (Å²) in [6, 6.07) is 0. The van der Waals surface area contributed by atoms with Gasteiger partial charge in [0, 0.05) is 6.42 Å². The summed E-state index contributed by atoms with van der Waals surface area (Å²) in [5.41, 5.74) is 0. The number of aliphatic hydroxyl groups is 7. The second-order valence-corrected chi connectivity index (χ2v) is 9.61. The van der Waals surface area contributed by atoms with E-state index < -0.39 is 80.6 Å². The molecule has 2 aliphatic heterocycles. The first kappa shape index (κ1) is 31.3. The molecule has 1 unspecified atom stereocenters. The van der Waals surface area contributed by atoms with Crippen molar-refractivity contribution in [3.63, 3.8) is 0 Å². The number of ether oxygens (including phenoxy) is 4. The second-order valence-electron chi connectivity index (χ2n) is 9.61. The Morgan fingerprint density at radius 3 is 1.94 bits per heavy atom. The van der Waals surface area contributed by atoms with Crippen molar-refractivity contribution in [2.75, 3.05) is 13.2 Å². The van der Waals surface area contributed by atoms with Crippen LogP contribution in [-0.2, 0) is 23.7 Å². The quantitative estimate of drug-likeness (QED) is 0.103. The van der Waals surface area contributed by atoms with Crippen LogP contribution >= 0.6 is 0 Å². The van der Waals surface area contributed by atoms with Crippen molar-refractivity contribution >= 4 is 5.97 Å². The normalized spacial score (nSPS) is 37.1. The molecule has 36 heavy (non-hydrogen) atoms. The lowest BCUT2D eigenvalue weighted by Gasteiger charge is -2.45. The minimum absolute atomic E-state index is 0.202. The molecule has 212 valence electrons. The fourth-order valence-corrected chi connectivity index (χ4v) is 4.38. The summed E-state index contributed by atoms with van der Waals surface area (Å²) in [6.45, 7) is 1.08. The fraction of sp³-hybridized carbons (Fsp3) is 0.958. The molecule has 0 aliphatic carbocycles. The van der Waals surface area contributed by atoms with E-state index in [-0.39, 0.29) is 6.42 Å². The van der Waals surface area contributed by atoms with Gasteiger partial charge in [-0.2, -0.15) is 0 Å². The summed E-state index contributed by atoms with van der Waals surface area (Å²) in [5, 5.41) is 69.9. The van der Waals surface area contributed by atoms with Crippen LogP contribution in [0.15, 0.2) is 0 Å². The van der Waals surface area contributed by atoms with Crippen molar-refractivity contribution in [3.8, 4) is 0 Å². The first-order chi connectivity index (χ1) is 17.2. The lowest BCUT2D eigenvalue weighted by Crippen LogP contribution is -2.64. The highest BCUT2D eigenvalue weighted by Crippen LogP contribution is 2.28. The third-order valence-corrected chi connectivity index (χ3v) is 6.69. The van der Waals surface area contributed by atoms with Gasteiger partial charge in [0.1, 0.15) is 55.4 Å². The molecule has 2 aliphatic rings. The van der Waals surface area contributed by atoms with E-state index in [1.807, 2.05) is 0 Å². The molecule has 2 heterocycles. The highest BCUT2D eigenvalue weighted by molar-refractivity contribution is 5.69. The highest BCUT2D eigenvalue weighted by Gasteiger charge is 2.50. The molecule has 0 radical (unpaired) electrons. The summed E-state index contributed by atoms with van der Waals surface area (Å²) < 4.78 is 21.1. The maximum absolute atomic E-state index is 12.1. The van der Waals surface area contributed by atoms with Crippen molar-refractivity contribution in [3.05, 3.63) is 0 Å². The van der Waals surface area contributed by atoms with Crippen molar-refractivity contribution in [2.24, 2.45) is 0 Å². The first-order valence-electron chi connectivity index (χ1n) is 13.0. The molecule has 10 atom stereocenters. The van der Waals surface area contributed by atoms with Gasteiger partial charge in [0.15, 0.2) is 12.6 Å². The van der Waals surface area contributed by atoms with Crippen molar-refractivity contribution in [1.82, 2.24) is 0 Å². The van der Waals surface area contributed by atoms with Gasteiger partial charge in [0.25, 0.3) is 0 Å². The van der Waals surface area contributed by atoms with Gasteiger partial charge in [-0.05, 0) is 6.42 Å². The molecule has 0 bridgehead atoms. The van der Waals surface area contributed by atoms with Gasteiger partial charge in [-0.25, -0.2) is 0 Å². The second kappa shape index (κ2) is 16.1. The summed E-state index contributed by atoms with van der Waals surface area (Å²) >= 11 is 0. The maximum Gasteiger partial charge on any atom is 0.305 e. The number of unbranched alkanes of at least 4 members (excludes halogenated alkanes) is 8. The number of aliphatic hydroxyl groups excluding tert-OH is 7. The Bertz CT molecular complexity index is 620. The Kier molecular flexibility index (Phi) is 14.0. The fourth-order valence-electron chi connectivity index (χ4n) is 4.38. The van der Waals surface area contributed by atoms with Gasteiger partial charge in [0.05, 0.1) is 6.61 Å². The molecule has 0 aromatic heterocycles. The Labute approximate surface area is 211 Å². The number of carbonyl (C=O) groups excluding carboxylic acids is 1. The number of esters is 1. The monoisotopic (exact) mass is 524 g/mol. The average Bonchev–Trinajstić information content (AvgIpc) is 2.87. The third kappa shape index (κ3) is 9.12. The van der Waals surface area contributed by atoms with Crippen LogP contribution in [0, 0.1) is 0 Å². The predicted molar refractivity (Wildman–Crippen MR) is 124 cm³/mol. The molecule has 12 nitrogen and oxygen atoms in total. The van der Waals surface area contributed by atoms with E-state index in [9.17, 15) is 40.5 Å². The number of rotatable bonds is 15. The molecule has 0 aromatic carbocycles. The Hall–Kier alpha value is -0.930. The topological polar surface area (TPSA) is 196 Å². The Morgan fingerprint density at radius 2 is 1.33 bits per heavy atom. The molecule has 0 amide bonds. The molecule has 2 saturated heterocycles. The molecule has 0 aromatic rings. The van der Waals surface area contributed by atoms with Crippen LogP contribution in [-0.4, -0.2) is 116 Å². The summed E-state index contributed by atoms with van der Waals surface area (Å²) in [4.78, 5) is 12.1. The Balaban J connectivity index is 1.78. The van der Waals surface area contributed by atoms with Gasteiger partial charge in [-0.1, -0.05) is 58.3 Å². The lowest BCUT2D eigenvalue weighted by molar-refractivity contribution is -0.355. The van der Waals surface area contributed by atoms with E-state index in [2.05, 4.69) is 6.92 Å². The largest absolute Gasteiger partial charge is 0.463 e. The van der Waals surface area contributed by atoms with E-state index in [0.717, 1.165) is 19.3 Å². The maximum atomic E-state index is 12.1. The average molecular weight is 525 g/mol. The minimum atomic E-state index is -1.76. The molecule has 2 rings (SSSR count). The summed E-state index contributed by atoms with van der Waals surface area (Å²) in [6.07, 6.45) is -5.75. The standard InChI is InChI=1S/C24H44O12/c1-2-3-4-5-6-7-8-9-10-11-16(26)33-13-15-17(27)18(28)21(31)24(35-15)36-22-14(12-25)34-23(32)20(30)19(22)29/h14-15,17-25,27-32H,2-13H2,1H3/t14-,15-,17-,18+,19-,20-,21-,22-,23?,24-/m1/s1. The van der Waals surface area contributed by atoms with E-state index in [1.54, 1.807) is 0 Å². The van der Waals surface area contributed by atoms with E-state index in [1.165, 1.54) is 32.1 Å². The van der Waals surface area contributed by atoms with Crippen LogP contribution < -0.4 is 0 Å². The number of carbonyl (C=O) groups is 1. The van der Waals surface area contributed by atoms with Gasteiger partial charge >= 0.3 is 5.97 Å². The first-order valence-corrected chi connectivity index (χ1v) is 13.0. The zero-order chi connectivity index (χ0) is 26.7.